The summed E-state index contributed by atoms with van der Waals surface area (Å²) in [5, 5.41) is 20.8. The molecule has 1 fully saturated rings. The quantitative estimate of drug-likeness (QED) is 0.550. The minimum atomic E-state index is -0.481. The van der Waals surface area contributed by atoms with Crippen molar-refractivity contribution in [1.82, 2.24) is 14.6 Å². The lowest BCUT2D eigenvalue weighted by Crippen LogP contribution is -2.29. The number of fused-ring (bicyclic) bond motifs is 1. The number of benzene rings is 1. The summed E-state index contributed by atoms with van der Waals surface area (Å²) in [5.41, 5.74) is 7.16. The van der Waals surface area contributed by atoms with Crippen molar-refractivity contribution in [3.63, 3.8) is 0 Å². The van der Waals surface area contributed by atoms with Gasteiger partial charge in [0.05, 0.1) is 6.10 Å². The van der Waals surface area contributed by atoms with Crippen LogP contribution in [0.3, 0.4) is 0 Å². The smallest absolute Gasteiger partial charge is 0.248 e. The normalized spacial score (nSPS) is 19.7. The largest absolute Gasteiger partial charge is 0.393 e. The average Bonchev–Trinajstić information content (AvgIpc) is 3.07. The standard InChI is InChI=1S/C19H22N6O2/c20-18(27)12-3-1-4-14(11-12)22-19-23-17-6-2-5-16(25(17)24-19)21-13-7-9-15(26)10-8-13/h1-6,11,13,15,21,26H,7-10H2,(H2,20,27)(H,22,24)/t13-,15+. The molecule has 2 aromatic heterocycles. The number of primary amides is 1. The fourth-order valence-electron chi connectivity index (χ4n) is 3.38. The van der Waals surface area contributed by atoms with Gasteiger partial charge in [0.25, 0.3) is 0 Å². The molecule has 0 saturated heterocycles. The van der Waals surface area contributed by atoms with E-state index in [1.54, 1.807) is 22.7 Å². The van der Waals surface area contributed by atoms with Crippen molar-refractivity contribution in [3.8, 4) is 0 Å². The number of nitrogens with two attached hydrogens (primary N) is 1. The fraction of sp³-hybridized carbons (Fsp3) is 0.316. The van der Waals surface area contributed by atoms with Crippen LogP contribution in [0.5, 0.6) is 0 Å². The molecule has 27 heavy (non-hydrogen) atoms. The predicted molar refractivity (Wildman–Crippen MR) is 103 cm³/mol. The van der Waals surface area contributed by atoms with Crippen LogP contribution in [0.4, 0.5) is 17.5 Å². The summed E-state index contributed by atoms with van der Waals surface area (Å²) in [6, 6.07) is 13.0. The number of aliphatic hydroxyl groups excluding tert-OH is 1. The number of carbonyl (C=O) groups is 1. The third-order valence-electron chi connectivity index (χ3n) is 4.81. The molecule has 5 N–H and O–H groups in total. The van der Waals surface area contributed by atoms with Gasteiger partial charge in [0.2, 0.25) is 11.9 Å². The van der Waals surface area contributed by atoms with Crippen molar-refractivity contribution in [3.05, 3.63) is 48.0 Å². The Kier molecular flexibility index (Phi) is 4.64. The molecule has 0 bridgehead atoms. The number of pyridine rings is 1. The highest BCUT2D eigenvalue weighted by Crippen LogP contribution is 2.23. The lowest BCUT2D eigenvalue weighted by molar-refractivity contribution is 0.1000. The maximum atomic E-state index is 11.3. The second-order valence-corrected chi connectivity index (χ2v) is 6.84. The number of anilines is 3. The molecule has 0 radical (unpaired) electrons. The predicted octanol–water partition coefficient (Wildman–Crippen LogP) is 2.29. The Morgan fingerprint density at radius 2 is 1.93 bits per heavy atom. The number of nitrogens with zero attached hydrogens (tertiary/aromatic N) is 3. The third kappa shape index (κ3) is 3.85. The van der Waals surface area contributed by atoms with Crippen LogP contribution in [0.1, 0.15) is 36.0 Å². The molecule has 0 spiro atoms. The highest BCUT2D eigenvalue weighted by atomic mass is 16.3. The highest BCUT2D eigenvalue weighted by Gasteiger charge is 2.20. The van der Waals surface area contributed by atoms with E-state index in [4.69, 9.17) is 5.73 Å². The van der Waals surface area contributed by atoms with Crippen molar-refractivity contribution < 1.29 is 9.90 Å². The molecule has 0 unspecified atom stereocenters. The van der Waals surface area contributed by atoms with Crippen LogP contribution in [-0.2, 0) is 0 Å². The zero-order valence-corrected chi connectivity index (χ0v) is 14.8. The van der Waals surface area contributed by atoms with Crippen molar-refractivity contribution in [2.45, 2.75) is 37.8 Å². The monoisotopic (exact) mass is 366 g/mol. The third-order valence-corrected chi connectivity index (χ3v) is 4.81. The first-order valence-corrected chi connectivity index (χ1v) is 9.06. The highest BCUT2D eigenvalue weighted by molar-refractivity contribution is 5.93. The molecule has 1 aromatic carbocycles. The van der Waals surface area contributed by atoms with Crippen LogP contribution >= 0.6 is 0 Å². The van der Waals surface area contributed by atoms with Crippen LogP contribution in [0.2, 0.25) is 0 Å². The van der Waals surface area contributed by atoms with Gasteiger partial charge in [-0.2, -0.15) is 9.50 Å². The van der Waals surface area contributed by atoms with Gasteiger partial charge >= 0.3 is 0 Å². The second-order valence-electron chi connectivity index (χ2n) is 6.84. The second kappa shape index (κ2) is 7.24. The first-order valence-electron chi connectivity index (χ1n) is 9.06. The Hall–Kier alpha value is -3.13. The number of aliphatic hydroxyl groups is 1. The summed E-state index contributed by atoms with van der Waals surface area (Å²) in [4.78, 5) is 15.8. The van der Waals surface area contributed by atoms with Gasteiger partial charge in [0.15, 0.2) is 5.65 Å². The van der Waals surface area contributed by atoms with Gasteiger partial charge in [0.1, 0.15) is 5.82 Å². The average molecular weight is 366 g/mol. The van der Waals surface area contributed by atoms with E-state index in [0.29, 0.717) is 28.9 Å². The van der Waals surface area contributed by atoms with E-state index < -0.39 is 5.91 Å². The minimum Gasteiger partial charge on any atom is -0.393 e. The van der Waals surface area contributed by atoms with E-state index >= 15 is 0 Å². The maximum Gasteiger partial charge on any atom is 0.248 e. The number of carbonyl (C=O) groups excluding carboxylic acids is 1. The molecule has 0 atom stereocenters. The molecule has 8 heteroatoms. The molecular weight excluding hydrogens is 344 g/mol. The van der Waals surface area contributed by atoms with Crippen LogP contribution < -0.4 is 16.4 Å². The van der Waals surface area contributed by atoms with Crippen molar-refractivity contribution in [2.24, 2.45) is 5.73 Å². The first kappa shape index (κ1) is 17.3. The molecular formula is C19H22N6O2. The zero-order valence-electron chi connectivity index (χ0n) is 14.8. The van der Waals surface area contributed by atoms with Gasteiger partial charge < -0.3 is 21.5 Å². The molecule has 2 heterocycles. The summed E-state index contributed by atoms with van der Waals surface area (Å²) >= 11 is 0. The van der Waals surface area contributed by atoms with Crippen LogP contribution in [0, 0.1) is 0 Å². The lowest BCUT2D eigenvalue weighted by atomic mass is 9.93. The van der Waals surface area contributed by atoms with Gasteiger partial charge in [-0.1, -0.05) is 12.1 Å². The number of aromatic nitrogens is 3. The van der Waals surface area contributed by atoms with E-state index in [-0.39, 0.29) is 6.10 Å². The van der Waals surface area contributed by atoms with Crippen LogP contribution in [0.25, 0.3) is 5.65 Å². The first-order chi connectivity index (χ1) is 13.1. The molecule has 4 rings (SSSR count). The molecule has 1 aliphatic rings. The zero-order chi connectivity index (χ0) is 18.8. The number of rotatable bonds is 5. The van der Waals surface area contributed by atoms with Crippen LogP contribution in [-0.4, -0.2) is 37.8 Å². The molecule has 1 saturated carbocycles. The summed E-state index contributed by atoms with van der Waals surface area (Å²) in [5.74, 6) is 0.816. The van der Waals surface area contributed by atoms with Gasteiger partial charge in [-0.25, -0.2) is 0 Å². The van der Waals surface area contributed by atoms with E-state index in [0.717, 1.165) is 31.5 Å². The summed E-state index contributed by atoms with van der Waals surface area (Å²) < 4.78 is 1.76. The Labute approximate surface area is 156 Å². The molecule has 1 amide bonds. The summed E-state index contributed by atoms with van der Waals surface area (Å²) in [6.07, 6.45) is 3.30. The van der Waals surface area contributed by atoms with Gasteiger partial charge in [-0.3, -0.25) is 4.79 Å². The van der Waals surface area contributed by atoms with Crippen molar-refractivity contribution >= 4 is 29.0 Å². The lowest BCUT2D eigenvalue weighted by Gasteiger charge is -2.26. The molecule has 8 nitrogen and oxygen atoms in total. The Morgan fingerprint density at radius 1 is 1.15 bits per heavy atom. The number of hydrogen-bond donors (Lipinski definition) is 4. The fourth-order valence-corrected chi connectivity index (χ4v) is 3.38. The van der Waals surface area contributed by atoms with Gasteiger partial charge in [-0.15, -0.1) is 5.10 Å². The summed E-state index contributed by atoms with van der Waals surface area (Å²) in [6.45, 7) is 0. The molecule has 0 aliphatic heterocycles. The Morgan fingerprint density at radius 3 is 2.70 bits per heavy atom. The van der Waals surface area contributed by atoms with Crippen LogP contribution in [0.15, 0.2) is 42.5 Å². The number of nitrogens with one attached hydrogen (secondary N) is 2. The number of hydrogen-bond acceptors (Lipinski definition) is 6. The van der Waals surface area contributed by atoms with E-state index in [1.807, 2.05) is 24.3 Å². The topological polar surface area (TPSA) is 118 Å². The van der Waals surface area contributed by atoms with Crippen molar-refractivity contribution in [2.75, 3.05) is 10.6 Å². The van der Waals surface area contributed by atoms with Gasteiger partial charge in [-0.05, 0) is 56.0 Å². The minimum absolute atomic E-state index is 0.183. The number of amides is 1. The molecule has 1 aliphatic carbocycles. The Balaban J connectivity index is 1.55. The molecule has 3 aromatic rings. The van der Waals surface area contributed by atoms with E-state index in [1.165, 1.54) is 0 Å². The summed E-state index contributed by atoms with van der Waals surface area (Å²) in [7, 11) is 0. The maximum absolute atomic E-state index is 11.3. The van der Waals surface area contributed by atoms with Crippen molar-refractivity contribution in [1.29, 1.82) is 0 Å². The van der Waals surface area contributed by atoms with E-state index in [9.17, 15) is 9.90 Å². The Bertz CT molecular complexity index is 962. The molecule has 140 valence electrons. The van der Waals surface area contributed by atoms with Gasteiger partial charge in [0, 0.05) is 17.3 Å². The van der Waals surface area contributed by atoms with E-state index in [2.05, 4.69) is 20.7 Å². The SMILES string of the molecule is NC(=O)c1cccc(Nc2nc3cccc(N[C@H]4CC[C@@H](O)CC4)n3n2)c1.